The molecular weight excluding hydrogens is 296 g/mol. The van der Waals surface area contributed by atoms with Crippen molar-refractivity contribution in [3.05, 3.63) is 18.2 Å². The summed E-state index contributed by atoms with van der Waals surface area (Å²) < 4.78 is 28.0. The van der Waals surface area contributed by atoms with Gasteiger partial charge in [0.1, 0.15) is 11.5 Å². The number of anilines is 1. The second-order valence-electron chi connectivity index (χ2n) is 4.90. The summed E-state index contributed by atoms with van der Waals surface area (Å²) in [5.41, 5.74) is 0.234. The summed E-state index contributed by atoms with van der Waals surface area (Å²) in [6, 6.07) is 4.08. The summed E-state index contributed by atoms with van der Waals surface area (Å²) in [6.07, 6.45) is 0.0237. The summed E-state index contributed by atoms with van der Waals surface area (Å²) in [7, 11) is -1.60. The molecule has 1 aliphatic rings. The summed E-state index contributed by atoms with van der Waals surface area (Å²) in [4.78, 5) is 11.9. The Morgan fingerprint density at radius 1 is 1.52 bits per heavy atom. The van der Waals surface area contributed by atoms with E-state index in [0.29, 0.717) is 12.3 Å². The molecule has 0 bridgehead atoms. The van der Waals surface area contributed by atoms with Crippen LogP contribution in [0, 0.1) is 0 Å². The summed E-state index contributed by atoms with van der Waals surface area (Å²) in [5, 5.41) is 15.2. The van der Waals surface area contributed by atoms with Crippen LogP contribution in [0.3, 0.4) is 0 Å². The molecule has 1 fully saturated rings. The SMILES string of the molecule is COc1ccc(O)c(NC(=O)CC2CS(=O)(=O)CCN2)c1. The molecule has 1 saturated heterocycles. The van der Waals surface area contributed by atoms with E-state index in [2.05, 4.69) is 10.6 Å². The molecule has 116 valence electrons. The Labute approximate surface area is 123 Å². The lowest BCUT2D eigenvalue weighted by Crippen LogP contribution is -2.46. The van der Waals surface area contributed by atoms with Gasteiger partial charge < -0.3 is 20.5 Å². The first-order valence-electron chi connectivity index (χ1n) is 6.50. The fourth-order valence-corrected chi connectivity index (χ4v) is 3.61. The van der Waals surface area contributed by atoms with Gasteiger partial charge in [0, 0.05) is 25.1 Å². The number of hydrogen-bond acceptors (Lipinski definition) is 6. The molecule has 3 N–H and O–H groups in total. The zero-order chi connectivity index (χ0) is 15.5. The Morgan fingerprint density at radius 3 is 2.95 bits per heavy atom. The minimum atomic E-state index is -3.08. The Kier molecular flexibility index (Phi) is 4.69. The van der Waals surface area contributed by atoms with Gasteiger partial charge in [0.2, 0.25) is 5.91 Å². The van der Waals surface area contributed by atoms with Crippen LogP contribution in [-0.2, 0) is 14.6 Å². The summed E-state index contributed by atoms with van der Waals surface area (Å²) >= 11 is 0. The van der Waals surface area contributed by atoms with Crippen molar-refractivity contribution in [2.24, 2.45) is 0 Å². The third-order valence-corrected chi connectivity index (χ3v) is 4.95. The number of amides is 1. The molecule has 1 atom stereocenters. The lowest BCUT2D eigenvalue weighted by Gasteiger charge is -2.23. The molecule has 1 unspecified atom stereocenters. The number of sulfone groups is 1. The van der Waals surface area contributed by atoms with E-state index in [4.69, 9.17) is 4.74 Å². The van der Waals surface area contributed by atoms with Crippen molar-refractivity contribution in [2.75, 3.05) is 30.5 Å². The van der Waals surface area contributed by atoms with Crippen LogP contribution in [0.5, 0.6) is 11.5 Å². The van der Waals surface area contributed by atoms with E-state index in [1.54, 1.807) is 6.07 Å². The largest absolute Gasteiger partial charge is 0.506 e. The van der Waals surface area contributed by atoms with Crippen LogP contribution in [0.2, 0.25) is 0 Å². The number of methoxy groups -OCH3 is 1. The van der Waals surface area contributed by atoms with E-state index in [9.17, 15) is 18.3 Å². The maximum atomic E-state index is 11.9. The number of hydrogen-bond donors (Lipinski definition) is 3. The third kappa shape index (κ3) is 4.33. The van der Waals surface area contributed by atoms with Crippen molar-refractivity contribution in [2.45, 2.75) is 12.5 Å². The highest BCUT2D eigenvalue weighted by Crippen LogP contribution is 2.27. The van der Waals surface area contributed by atoms with Crippen molar-refractivity contribution >= 4 is 21.4 Å². The minimum Gasteiger partial charge on any atom is -0.506 e. The maximum absolute atomic E-state index is 11.9. The maximum Gasteiger partial charge on any atom is 0.226 e. The Hall–Kier alpha value is -1.80. The molecule has 7 nitrogen and oxygen atoms in total. The highest BCUT2D eigenvalue weighted by Gasteiger charge is 2.26. The van der Waals surface area contributed by atoms with E-state index in [-0.39, 0.29) is 35.3 Å². The standard InChI is InChI=1S/C13H18N2O5S/c1-20-10-2-3-12(16)11(7-10)15-13(17)6-9-8-21(18,19)5-4-14-9/h2-3,7,9,14,16H,4-6,8H2,1H3,(H,15,17). The van der Waals surface area contributed by atoms with Gasteiger partial charge in [-0.1, -0.05) is 0 Å². The highest BCUT2D eigenvalue weighted by molar-refractivity contribution is 7.91. The van der Waals surface area contributed by atoms with Crippen molar-refractivity contribution in [3.8, 4) is 11.5 Å². The molecule has 0 spiro atoms. The topological polar surface area (TPSA) is 105 Å². The number of benzene rings is 1. The summed E-state index contributed by atoms with van der Waals surface area (Å²) in [6.45, 7) is 0.352. The van der Waals surface area contributed by atoms with E-state index in [1.807, 2.05) is 0 Å². The molecule has 0 saturated carbocycles. The van der Waals surface area contributed by atoms with E-state index >= 15 is 0 Å². The molecule has 1 amide bonds. The molecule has 1 heterocycles. The van der Waals surface area contributed by atoms with Crippen LogP contribution < -0.4 is 15.4 Å². The van der Waals surface area contributed by atoms with Gasteiger partial charge in [0.05, 0.1) is 24.3 Å². The Morgan fingerprint density at radius 2 is 2.29 bits per heavy atom. The lowest BCUT2D eigenvalue weighted by atomic mass is 10.2. The predicted molar refractivity (Wildman–Crippen MR) is 78.4 cm³/mol. The van der Waals surface area contributed by atoms with Crippen LogP contribution >= 0.6 is 0 Å². The molecule has 1 aromatic carbocycles. The van der Waals surface area contributed by atoms with Crippen LogP contribution in [-0.4, -0.2) is 50.6 Å². The fourth-order valence-electron chi connectivity index (χ4n) is 2.17. The number of phenolic OH excluding ortho intramolecular Hbond substituents is 1. The highest BCUT2D eigenvalue weighted by atomic mass is 32.2. The van der Waals surface area contributed by atoms with Crippen LogP contribution in [0.25, 0.3) is 0 Å². The predicted octanol–water partition coefficient (Wildman–Crippen LogP) is 0.116. The van der Waals surface area contributed by atoms with Crippen LogP contribution in [0.4, 0.5) is 5.69 Å². The smallest absolute Gasteiger partial charge is 0.226 e. The average molecular weight is 314 g/mol. The molecule has 0 radical (unpaired) electrons. The van der Waals surface area contributed by atoms with Gasteiger partial charge in [-0.05, 0) is 12.1 Å². The fraction of sp³-hybridized carbons (Fsp3) is 0.462. The van der Waals surface area contributed by atoms with E-state index in [0.717, 1.165) is 0 Å². The number of nitrogens with one attached hydrogen (secondary N) is 2. The molecule has 0 aromatic heterocycles. The third-order valence-electron chi connectivity index (χ3n) is 3.21. The average Bonchev–Trinajstić information content (AvgIpc) is 2.40. The summed E-state index contributed by atoms with van der Waals surface area (Å²) in [5.74, 6) is 0.106. The Balaban J connectivity index is 1.99. The first-order valence-corrected chi connectivity index (χ1v) is 8.32. The monoisotopic (exact) mass is 314 g/mol. The van der Waals surface area contributed by atoms with Crippen molar-refractivity contribution in [1.29, 1.82) is 0 Å². The number of carbonyl (C=O) groups excluding carboxylic acids is 1. The second-order valence-corrected chi connectivity index (χ2v) is 7.13. The number of phenols is 1. The number of ether oxygens (including phenoxy) is 1. The van der Waals surface area contributed by atoms with Gasteiger partial charge >= 0.3 is 0 Å². The quantitative estimate of drug-likeness (QED) is 0.682. The number of aromatic hydroxyl groups is 1. The molecule has 8 heteroatoms. The van der Waals surface area contributed by atoms with Crippen molar-refractivity contribution in [3.63, 3.8) is 0 Å². The minimum absolute atomic E-state index is 0.0237. The number of rotatable bonds is 4. The molecule has 1 aromatic rings. The zero-order valence-corrected chi connectivity index (χ0v) is 12.4. The first kappa shape index (κ1) is 15.6. The van der Waals surface area contributed by atoms with Crippen LogP contribution in [0.1, 0.15) is 6.42 Å². The second kappa shape index (κ2) is 6.31. The van der Waals surface area contributed by atoms with Gasteiger partial charge in [-0.15, -0.1) is 0 Å². The molecule has 0 aliphatic carbocycles. The van der Waals surface area contributed by atoms with Gasteiger partial charge in [0.25, 0.3) is 0 Å². The van der Waals surface area contributed by atoms with Gasteiger partial charge in [-0.25, -0.2) is 8.42 Å². The molecule has 21 heavy (non-hydrogen) atoms. The zero-order valence-electron chi connectivity index (χ0n) is 11.6. The lowest BCUT2D eigenvalue weighted by molar-refractivity contribution is -0.116. The van der Waals surface area contributed by atoms with Crippen molar-refractivity contribution < 1.29 is 23.1 Å². The van der Waals surface area contributed by atoms with Crippen molar-refractivity contribution in [1.82, 2.24) is 5.32 Å². The number of carbonyl (C=O) groups is 1. The first-order chi connectivity index (χ1) is 9.89. The molecule has 2 rings (SSSR count). The normalized spacial score (nSPS) is 20.7. The van der Waals surface area contributed by atoms with Gasteiger partial charge in [-0.2, -0.15) is 0 Å². The van der Waals surface area contributed by atoms with Gasteiger partial charge in [0.15, 0.2) is 9.84 Å². The molecule has 1 aliphatic heterocycles. The van der Waals surface area contributed by atoms with Crippen LogP contribution in [0.15, 0.2) is 18.2 Å². The van der Waals surface area contributed by atoms with E-state index in [1.165, 1.54) is 19.2 Å². The molecular formula is C13H18N2O5S. The van der Waals surface area contributed by atoms with Gasteiger partial charge in [-0.3, -0.25) is 4.79 Å². The Bertz CT molecular complexity index is 629. The van der Waals surface area contributed by atoms with E-state index < -0.39 is 15.9 Å².